The molecule has 0 aliphatic heterocycles. The lowest BCUT2D eigenvalue weighted by Crippen LogP contribution is -2.46. The highest BCUT2D eigenvalue weighted by Gasteiger charge is 2.36. The predicted molar refractivity (Wildman–Crippen MR) is 145 cm³/mol. The number of carbonyl (C=O) groups excluding carboxylic acids is 1. The van der Waals surface area contributed by atoms with E-state index in [4.69, 9.17) is 16.7 Å². The van der Waals surface area contributed by atoms with Crippen molar-refractivity contribution in [3.63, 3.8) is 0 Å². The van der Waals surface area contributed by atoms with Crippen molar-refractivity contribution < 1.29 is 31.9 Å². The maximum atomic E-state index is 14.4. The molecule has 2 fully saturated rings. The second-order valence-corrected chi connectivity index (χ2v) is 13.7. The third-order valence-corrected chi connectivity index (χ3v) is 10.6. The molecule has 2 aliphatic carbocycles. The lowest BCUT2D eigenvalue weighted by Gasteiger charge is -2.32. The highest BCUT2D eigenvalue weighted by atomic mass is 35.5. The summed E-state index contributed by atoms with van der Waals surface area (Å²) in [6, 6.07) is 1.76. The minimum Gasteiger partial charge on any atom is -0.481 e. The van der Waals surface area contributed by atoms with E-state index in [1.807, 2.05) is 0 Å². The van der Waals surface area contributed by atoms with E-state index in [2.05, 4.69) is 15.0 Å². The van der Waals surface area contributed by atoms with Gasteiger partial charge in [0.1, 0.15) is 4.90 Å². The minimum atomic E-state index is -4.14. The van der Waals surface area contributed by atoms with Gasteiger partial charge in [0.25, 0.3) is 12.3 Å². The van der Waals surface area contributed by atoms with Crippen LogP contribution in [-0.4, -0.2) is 42.5 Å². The molecule has 1 amide bonds. The van der Waals surface area contributed by atoms with Crippen molar-refractivity contribution in [3.05, 3.63) is 33.4 Å². The van der Waals surface area contributed by atoms with Crippen LogP contribution < -0.4 is 10.0 Å². The number of benzene rings is 1. The molecule has 2 aromatic rings. The van der Waals surface area contributed by atoms with Crippen LogP contribution in [0, 0.1) is 11.8 Å². The van der Waals surface area contributed by atoms with Crippen LogP contribution in [0.25, 0.3) is 10.4 Å². The smallest absolute Gasteiger partial charge is 0.306 e. The van der Waals surface area contributed by atoms with E-state index in [0.29, 0.717) is 35.8 Å². The molecule has 3 N–H and O–H groups in total. The maximum Gasteiger partial charge on any atom is 0.306 e. The number of alkyl halides is 2. The standard InChI is InChI=1S/C26H32ClF2N3O5S2/c1-13(2)32-39(36,37)19-9-8-17(20(21(19)27)23(28)29)22-18(10-14-6-4-3-5-7-14)31-25(38-22)24(33)30-16-11-15(12-16)26(34)35/h8-9,13-16,23,32H,3-7,10-12H2,1-2H3,(H,30,33)(H,34,35). The Morgan fingerprint density at radius 3 is 2.44 bits per heavy atom. The van der Waals surface area contributed by atoms with Crippen molar-refractivity contribution in [1.82, 2.24) is 15.0 Å². The Morgan fingerprint density at radius 1 is 1.18 bits per heavy atom. The zero-order valence-electron chi connectivity index (χ0n) is 21.7. The number of amides is 1. The number of thiazole rings is 1. The molecule has 1 heterocycles. The van der Waals surface area contributed by atoms with Crippen LogP contribution >= 0.6 is 22.9 Å². The molecule has 8 nitrogen and oxygen atoms in total. The van der Waals surface area contributed by atoms with Crippen LogP contribution in [0.4, 0.5) is 8.78 Å². The summed E-state index contributed by atoms with van der Waals surface area (Å²) in [5.74, 6) is -1.61. The molecule has 13 heteroatoms. The second-order valence-electron chi connectivity index (χ2n) is 10.6. The van der Waals surface area contributed by atoms with Crippen molar-refractivity contribution in [2.75, 3.05) is 0 Å². The molecule has 0 spiro atoms. The molecule has 1 aromatic carbocycles. The first-order chi connectivity index (χ1) is 18.4. The monoisotopic (exact) mass is 603 g/mol. The first kappa shape index (κ1) is 29.8. The van der Waals surface area contributed by atoms with E-state index in [1.165, 1.54) is 12.1 Å². The SMILES string of the molecule is CC(C)NS(=O)(=O)c1ccc(-c2sc(C(=O)NC3CC(C(=O)O)C3)nc2CC2CCCCC2)c(C(F)F)c1Cl. The van der Waals surface area contributed by atoms with Crippen molar-refractivity contribution in [3.8, 4) is 10.4 Å². The summed E-state index contributed by atoms with van der Waals surface area (Å²) in [7, 11) is -4.14. The number of hydrogen-bond donors (Lipinski definition) is 3. The molecule has 0 atom stereocenters. The predicted octanol–water partition coefficient (Wildman–Crippen LogP) is 5.80. The maximum absolute atomic E-state index is 14.4. The van der Waals surface area contributed by atoms with Gasteiger partial charge in [0.05, 0.1) is 21.5 Å². The van der Waals surface area contributed by atoms with Crippen LogP contribution in [0.1, 0.15) is 86.3 Å². The van der Waals surface area contributed by atoms with Crippen LogP contribution in [0.5, 0.6) is 0 Å². The Hall–Kier alpha value is -2.15. The Morgan fingerprint density at radius 2 is 1.85 bits per heavy atom. The van der Waals surface area contributed by atoms with Crippen LogP contribution in [0.3, 0.4) is 0 Å². The Bertz CT molecular complexity index is 1340. The molecule has 39 heavy (non-hydrogen) atoms. The number of sulfonamides is 1. The highest BCUT2D eigenvalue weighted by molar-refractivity contribution is 7.89. The van der Waals surface area contributed by atoms with E-state index < -0.39 is 55.8 Å². The van der Waals surface area contributed by atoms with Crippen LogP contribution in [0.15, 0.2) is 17.0 Å². The molecule has 2 saturated carbocycles. The van der Waals surface area contributed by atoms with Gasteiger partial charge in [0, 0.05) is 23.2 Å². The summed E-state index contributed by atoms with van der Waals surface area (Å²) in [6.45, 7) is 3.22. The molecule has 2 aliphatic rings. The van der Waals surface area contributed by atoms with Crippen molar-refractivity contribution >= 4 is 44.8 Å². The van der Waals surface area contributed by atoms with Gasteiger partial charge in [0.2, 0.25) is 10.0 Å². The zero-order chi connectivity index (χ0) is 28.5. The number of halogens is 3. The Balaban J connectivity index is 1.73. The normalized spacial score (nSPS) is 20.3. The first-order valence-corrected chi connectivity index (χ1v) is 15.7. The number of aliphatic carboxylic acids is 1. The van der Waals surface area contributed by atoms with Crippen molar-refractivity contribution in [2.24, 2.45) is 11.8 Å². The summed E-state index contributed by atoms with van der Waals surface area (Å²) < 4.78 is 56.8. The van der Waals surface area contributed by atoms with Gasteiger partial charge in [-0.15, -0.1) is 11.3 Å². The highest BCUT2D eigenvalue weighted by Crippen LogP contribution is 2.44. The average molecular weight is 604 g/mol. The van der Waals surface area contributed by atoms with Gasteiger partial charge in [-0.1, -0.05) is 49.8 Å². The van der Waals surface area contributed by atoms with E-state index in [1.54, 1.807) is 13.8 Å². The molecule has 0 radical (unpaired) electrons. The van der Waals surface area contributed by atoms with Crippen LogP contribution in [-0.2, 0) is 21.2 Å². The number of carboxylic acids is 1. The number of rotatable bonds is 10. The lowest BCUT2D eigenvalue weighted by atomic mass is 9.80. The number of carboxylic acid groups (broad SMARTS) is 1. The van der Waals surface area contributed by atoms with Gasteiger partial charge in [-0.2, -0.15) is 0 Å². The third-order valence-electron chi connectivity index (χ3n) is 7.21. The van der Waals surface area contributed by atoms with E-state index in [9.17, 15) is 26.8 Å². The molecule has 214 valence electrons. The number of aromatic nitrogens is 1. The fourth-order valence-electron chi connectivity index (χ4n) is 5.21. The summed E-state index contributed by atoms with van der Waals surface area (Å²) in [5.41, 5.74) is -0.0644. The summed E-state index contributed by atoms with van der Waals surface area (Å²) in [4.78, 5) is 28.6. The number of nitrogens with zero attached hydrogens (tertiary/aromatic N) is 1. The second kappa shape index (κ2) is 12.2. The molecule has 4 rings (SSSR count). The van der Waals surface area contributed by atoms with E-state index >= 15 is 0 Å². The fourth-order valence-corrected chi connectivity index (χ4v) is 8.14. The molecule has 1 aromatic heterocycles. The van der Waals surface area contributed by atoms with Gasteiger partial charge >= 0.3 is 5.97 Å². The molecular weight excluding hydrogens is 572 g/mol. The lowest BCUT2D eigenvalue weighted by molar-refractivity contribution is -0.145. The molecule has 0 saturated heterocycles. The third kappa shape index (κ3) is 6.78. The van der Waals surface area contributed by atoms with Crippen LogP contribution in [0.2, 0.25) is 5.02 Å². The Kier molecular flexibility index (Phi) is 9.30. The summed E-state index contributed by atoms with van der Waals surface area (Å²) in [6.07, 6.45) is 3.26. The summed E-state index contributed by atoms with van der Waals surface area (Å²) in [5, 5.41) is 11.4. The largest absolute Gasteiger partial charge is 0.481 e. The molecule has 0 unspecified atom stereocenters. The van der Waals surface area contributed by atoms with Gasteiger partial charge < -0.3 is 10.4 Å². The molecule has 0 bridgehead atoms. The molecular formula is C26H32ClF2N3O5S2. The minimum absolute atomic E-state index is 0.0513. The summed E-state index contributed by atoms with van der Waals surface area (Å²) >= 11 is 7.29. The van der Waals surface area contributed by atoms with Gasteiger partial charge in [-0.05, 0) is 45.1 Å². The topological polar surface area (TPSA) is 125 Å². The number of carbonyl (C=O) groups is 2. The fraction of sp³-hybridized carbons (Fsp3) is 0.577. The number of nitrogens with one attached hydrogen (secondary N) is 2. The van der Waals surface area contributed by atoms with Crippen molar-refractivity contribution in [1.29, 1.82) is 0 Å². The first-order valence-electron chi connectivity index (χ1n) is 13.0. The van der Waals surface area contributed by atoms with E-state index in [0.717, 1.165) is 43.4 Å². The quantitative estimate of drug-likeness (QED) is 0.315. The van der Waals surface area contributed by atoms with Gasteiger partial charge in [0.15, 0.2) is 5.01 Å². The average Bonchev–Trinajstić information content (AvgIpc) is 3.23. The van der Waals surface area contributed by atoms with E-state index in [-0.39, 0.29) is 16.6 Å². The number of hydrogen-bond acceptors (Lipinski definition) is 6. The van der Waals surface area contributed by atoms with Gasteiger partial charge in [-0.25, -0.2) is 26.9 Å². The Labute approximate surface area is 235 Å². The van der Waals surface area contributed by atoms with Crippen molar-refractivity contribution in [2.45, 2.75) is 88.6 Å². The van der Waals surface area contributed by atoms with Gasteiger partial charge in [-0.3, -0.25) is 9.59 Å². The zero-order valence-corrected chi connectivity index (χ0v) is 24.1.